The lowest BCUT2D eigenvalue weighted by Crippen LogP contribution is -2.34. The molecule has 1 aliphatic carbocycles. The monoisotopic (exact) mass is 327 g/mol. The predicted octanol–water partition coefficient (Wildman–Crippen LogP) is 3.15. The minimum Gasteiger partial charge on any atom is -0.468 e. The first-order valence-electron chi connectivity index (χ1n) is 8.77. The van der Waals surface area contributed by atoms with Gasteiger partial charge >= 0.3 is 5.97 Å². The molecule has 4 nitrogen and oxygen atoms in total. The van der Waals surface area contributed by atoms with E-state index in [9.17, 15) is 9.59 Å². The highest BCUT2D eigenvalue weighted by molar-refractivity contribution is 6.00. The van der Waals surface area contributed by atoms with E-state index in [-0.39, 0.29) is 23.6 Å². The Morgan fingerprint density at radius 2 is 2.04 bits per heavy atom. The van der Waals surface area contributed by atoms with Crippen molar-refractivity contribution >= 4 is 11.8 Å². The number of Topliss-reactive ketones (excluding diaryl/α,β-unsaturated/α-hetero) is 1. The van der Waals surface area contributed by atoms with E-state index in [1.165, 1.54) is 7.11 Å². The third kappa shape index (κ3) is 3.16. The molecule has 1 aliphatic heterocycles. The van der Waals surface area contributed by atoms with Crippen molar-refractivity contribution in [3.05, 3.63) is 47.5 Å². The molecule has 128 valence electrons. The van der Waals surface area contributed by atoms with Gasteiger partial charge in [0.1, 0.15) is 6.04 Å². The number of methoxy groups -OCH3 is 1. The zero-order valence-corrected chi connectivity index (χ0v) is 14.4. The summed E-state index contributed by atoms with van der Waals surface area (Å²) in [5.41, 5.74) is 1.92. The molecule has 0 spiro atoms. The Morgan fingerprint density at radius 3 is 2.67 bits per heavy atom. The number of fused-ring (bicyclic) bond motifs is 1. The minimum absolute atomic E-state index is 0.00715. The lowest BCUT2D eigenvalue weighted by molar-refractivity contribution is -0.147. The van der Waals surface area contributed by atoms with E-state index in [1.807, 2.05) is 30.3 Å². The molecule has 1 saturated heterocycles. The van der Waals surface area contributed by atoms with Crippen LogP contribution in [0.4, 0.5) is 0 Å². The third-order valence-electron chi connectivity index (χ3n) is 5.17. The van der Waals surface area contributed by atoms with Crippen LogP contribution in [0.1, 0.15) is 37.8 Å². The summed E-state index contributed by atoms with van der Waals surface area (Å²) in [7, 11) is 1.42. The molecular formula is C20H25NO3. The molecule has 3 atom stereocenters. The molecule has 2 aliphatic rings. The van der Waals surface area contributed by atoms with E-state index in [0.29, 0.717) is 6.54 Å². The number of carbonyl (C=O) groups is 2. The zero-order chi connectivity index (χ0) is 17.1. The average molecular weight is 327 g/mol. The van der Waals surface area contributed by atoms with Crippen molar-refractivity contribution in [1.29, 1.82) is 0 Å². The van der Waals surface area contributed by atoms with Crippen LogP contribution >= 0.6 is 0 Å². The van der Waals surface area contributed by atoms with Crippen LogP contribution in [-0.4, -0.2) is 36.9 Å². The van der Waals surface area contributed by atoms with Gasteiger partial charge in [0.15, 0.2) is 5.78 Å². The number of likely N-dealkylation sites (tertiary alicyclic amines) is 1. The standard InChI is InChI=1S/C20H25NO3/c1-3-4-8-15-11-16-12-21(13-17(16)19(15)22)18(20(23)24-2)14-9-6-5-7-10-14/h5-7,9-11,16-18H,3-4,8,12-13H2,1-2H3/t16-,17+,18-/m0/s1. The van der Waals surface area contributed by atoms with Crippen molar-refractivity contribution < 1.29 is 14.3 Å². The minimum atomic E-state index is -0.429. The molecule has 4 heteroatoms. The smallest absolute Gasteiger partial charge is 0.327 e. The number of hydrogen-bond donors (Lipinski definition) is 0. The molecule has 0 saturated carbocycles. The number of carbonyl (C=O) groups excluding carboxylic acids is 2. The summed E-state index contributed by atoms with van der Waals surface area (Å²) >= 11 is 0. The lowest BCUT2D eigenvalue weighted by atomic mass is 9.97. The van der Waals surface area contributed by atoms with Crippen LogP contribution in [0.3, 0.4) is 0 Å². The van der Waals surface area contributed by atoms with E-state index in [2.05, 4.69) is 17.9 Å². The van der Waals surface area contributed by atoms with Gasteiger partial charge in [-0.05, 0) is 24.0 Å². The number of ketones is 1. The molecule has 0 unspecified atom stereocenters. The molecule has 0 bridgehead atoms. The molecular weight excluding hydrogens is 302 g/mol. The quantitative estimate of drug-likeness (QED) is 0.753. The van der Waals surface area contributed by atoms with Gasteiger partial charge in [-0.1, -0.05) is 49.8 Å². The Morgan fingerprint density at radius 1 is 1.29 bits per heavy atom. The number of esters is 1. The first kappa shape index (κ1) is 16.9. The summed E-state index contributed by atoms with van der Waals surface area (Å²) in [4.78, 5) is 27.1. The largest absolute Gasteiger partial charge is 0.468 e. The van der Waals surface area contributed by atoms with Crippen LogP contribution in [0, 0.1) is 11.8 Å². The summed E-state index contributed by atoms with van der Waals surface area (Å²) in [5, 5.41) is 0. The summed E-state index contributed by atoms with van der Waals surface area (Å²) in [5.74, 6) is 0.268. The molecule has 0 N–H and O–H groups in total. The topological polar surface area (TPSA) is 46.6 Å². The Labute approximate surface area is 143 Å². The first-order valence-corrected chi connectivity index (χ1v) is 8.77. The van der Waals surface area contributed by atoms with Crippen molar-refractivity contribution in [2.24, 2.45) is 11.8 Å². The normalized spacial score (nSPS) is 24.6. The molecule has 1 aromatic rings. The van der Waals surface area contributed by atoms with Gasteiger partial charge < -0.3 is 4.74 Å². The zero-order valence-electron chi connectivity index (χ0n) is 14.4. The number of ether oxygens (including phenoxy) is 1. The van der Waals surface area contributed by atoms with Gasteiger partial charge in [0, 0.05) is 24.9 Å². The van der Waals surface area contributed by atoms with Gasteiger partial charge in [-0.25, -0.2) is 4.79 Å². The van der Waals surface area contributed by atoms with Crippen LogP contribution < -0.4 is 0 Å². The number of unbranched alkanes of at least 4 members (excludes halogenated alkanes) is 1. The fraction of sp³-hybridized carbons (Fsp3) is 0.500. The number of hydrogen-bond acceptors (Lipinski definition) is 4. The molecule has 1 aromatic carbocycles. The van der Waals surface area contributed by atoms with E-state index in [1.54, 1.807) is 0 Å². The van der Waals surface area contributed by atoms with E-state index >= 15 is 0 Å². The summed E-state index contributed by atoms with van der Waals surface area (Å²) in [6, 6.07) is 9.25. The van der Waals surface area contributed by atoms with Gasteiger partial charge in [-0.15, -0.1) is 0 Å². The van der Waals surface area contributed by atoms with Gasteiger partial charge in [0.2, 0.25) is 0 Å². The highest BCUT2D eigenvalue weighted by Gasteiger charge is 2.45. The molecule has 0 amide bonds. The Kier molecular flexibility index (Phi) is 5.14. The fourth-order valence-electron chi connectivity index (χ4n) is 3.91. The number of rotatable bonds is 6. The van der Waals surface area contributed by atoms with E-state index < -0.39 is 6.04 Å². The maximum absolute atomic E-state index is 12.6. The third-order valence-corrected chi connectivity index (χ3v) is 5.17. The predicted molar refractivity (Wildman–Crippen MR) is 92.4 cm³/mol. The van der Waals surface area contributed by atoms with Crippen molar-refractivity contribution in [3.63, 3.8) is 0 Å². The Hall–Kier alpha value is -1.94. The van der Waals surface area contributed by atoms with Gasteiger partial charge in [-0.2, -0.15) is 0 Å². The van der Waals surface area contributed by atoms with Crippen LogP contribution in [0.5, 0.6) is 0 Å². The van der Waals surface area contributed by atoms with Crippen LogP contribution in [0.15, 0.2) is 42.0 Å². The summed E-state index contributed by atoms with van der Waals surface area (Å²) in [6.07, 6.45) is 5.21. The molecule has 24 heavy (non-hydrogen) atoms. The van der Waals surface area contributed by atoms with Crippen molar-refractivity contribution in [2.75, 3.05) is 20.2 Å². The Balaban J connectivity index is 1.78. The lowest BCUT2D eigenvalue weighted by Gasteiger charge is -2.26. The molecule has 0 radical (unpaired) electrons. The fourth-order valence-corrected chi connectivity index (χ4v) is 3.91. The number of allylic oxidation sites excluding steroid dienone is 1. The van der Waals surface area contributed by atoms with Crippen molar-refractivity contribution in [2.45, 2.75) is 32.2 Å². The van der Waals surface area contributed by atoms with Crippen LogP contribution in [-0.2, 0) is 14.3 Å². The maximum atomic E-state index is 12.6. The highest BCUT2D eigenvalue weighted by atomic mass is 16.5. The second kappa shape index (κ2) is 7.31. The maximum Gasteiger partial charge on any atom is 0.327 e. The first-order chi connectivity index (χ1) is 11.7. The highest BCUT2D eigenvalue weighted by Crippen LogP contribution is 2.39. The molecule has 1 heterocycles. The van der Waals surface area contributed by atoms with Gasteiger partial charge in [0.25, 0.3) is 0 Å². The van der Waals surface area contributed by atoms with Gasteiger partial charge in [0.05, 0.1) is 7.11 Å². The van der Waals surface area contributed by atoms with Crippen LogP contribution in [0.25, 0.3) is 0 Å². The van der Waals surface area contributed by atoms with Crippen molar-refractivity contribution in [1.82, 2.24) is 4.90 Å². The van der Waals surface area contributed by atoms with Crippen LogP contribution in [0.2, 0.25) is 0 Å². The Bertz CT molecular complexity index is 638. The summed E-state index contributed by atoms with van der Waals surface area (Å²) < 4.78 is 5.02. The molecule has 0 aromatic heterocycles. The number of nitrogens with zero attached hydrogens (tertiary/aromatic N) is 1. The SMILES string of the molecule is CCCCC1=C[C@H]2CN([C@H](C(=O)OC)c3ccccc3)C[C@H]2C1=O. The second-order valence-corrected chi connectivity index (χ2v) is 6.72. The molecule has 3 rings (SSSR count). The van der Waals surface area contributed by atoms with E-state index in [0.717, 1.165) is 36.9 Å². The average Bonchev–Trinajstić information content (AvgIpc) is 3.13. The molecule has 1 fully saturated rings. The number of benzene rings is 1. The summed E-state index contributed by atoms with van der Waals surface area (Å²) in [6.45, 7) is 3.51. The van der Waals surface area contributed by atoms with E-state index in [4.69, 9.17) is 4.74 Å². The second-order valence-electron chi connectivity index (χ2n) is 6.72. The van der Waals surface area contributed by atoms with Gasteiger partial charge in [-0.3, -0.25) is 9.69 Å². The van der Waals surface area contributed by atoms with Crippen molar-refractivity contribution in [3.8, 4) is 0 Å².